The van der Waals surface area contributed by atoms with E-state index in [1.807, 2.05) is 30.3 Å². The van der Waals surface area contributed by atoms with Gasteiger partial charge in [-0.25, -0.2) is 4.39 Å². The van der Waals surface area contributed by atoms with Crippen molar-refractivity contribution < 1.29 is 9.50 Å². The van der Waals surface area contributed by atoms with E-state index < -0.39 is 0 Å². The summed E-state index contributed by atoms with van der Waals surface area (Å²) in [4.78, 5) is 0. The fourth-order valence-electron chi connectivity index (χ4n) is 1.87. The van der Waals surface area contributed by atoms with E-state index in [4.69, 9.17) is 10.8 Å². The number of nitrogens with two attached hydrogens (primary N) is 1. The average molecular weight is 282 g/mol. The first kappa shape index (κ1) is 15.6. The van der Waals surface area contributed by atoms with Gasteiger partial charge in [-0.1, -0.05) is 36.4 Å². The van der Waals surface area contributed by atoms with Crippen LogP contribution in [0.4, 0.5) is 4.39 Å². The zero-order valence-corrected chi connectivity index (χ0v) is 11.2. The summed E-state index contributed by atoms with van der Waals surface area (Å²) in [5.74, 6) is -0.237. The highest BCUT2D eigenvalue weighted by molar-refractivity contribution is 5.85. The van der Waals surface area contributed by atoms with E-state index in [-0.39, 0.29) is 30.9 Å². The van der Waals surface area contributed by atoms with Crippen molar-refractivity contribution in [2.75, 3.05) is 6.61 Å². The highest BCUT2D eigenvalue weighted by atomic mass is 35.5. The maximum Gasteiger partial charge on any atom is 0.123 e. The van der Waals surface area contributed by atoms with Gasteiger partial charge in [0.2, 0.25) is 0 Å². The SMILES string of the molecule is Cl.NC(CO)Cc1ccc(-c2cccc(F)c2)cc1. The van der Waals surface area contributed by atoms with Crippen molar-refractivity contribution in [3.63, 3.8) is 0 Å². The van der Waals surface area contributed by atoms with E-state index in [2.05, 4.69) is 0 Å². The van der Waals surface area contributed by atoms with Crippen molar-refractivity contribution in [1.82, 2.24) is 0 Å². The summed E-state index contributed by atoms with van der Waals surface area (Å²) >= 11 is 0. The van der Waals surface area contributed by atoms with Crippen molar-refractivity contribution in [2.24, 2.45) is 5.73 Å². The van der Waals surface area contributed by atoms with E-state index in [9.17, 15) is 4.39 Å². The lowest BCUT2D eigenvalue weighted by Gasteiger charge is -2.09. The van der Waals surface area contributed by atoms with Crippen molar-refractivity contribution in [1.29, 1.82) is 0 Å². The van der Waals surface area contributed by atoms with Gasteiger partial charge < -0.3 is 10.8 Å². The van der Waals surface area contributed by atoms with Crippen LogP contribution in [0.5, 0.6) is 0 Å². The Kier molecular flexibility index (Phi) is 5.96. The second-order valence-electron chi connectivity index (χ2n) is 4.35. The van der Waals surface area contributed by atoms with E-state index in [0.29, 0.717) is 6.42 Å². The molecule has 2 rings (SSSR count). The topological polar surface area (TPSA) is 46.2 Å². The van der Waals surface area contributed by atoms with Crippen molar-refractivity contribution in [3.05, 3.63) is 59.9 Å². The molecular weight excluding hydrogens is 265 g/mol. The van der Waals surface area contributed by atoms with Gasteiger partial charge in [0.05, 0.1) is 6.61 Å². The molecule has 0 aliphatic rings. The van der Waals surface area contributed by atoms with Crippen LogP contribution in [0.15, 0.2) is 48.5 Å². The number of benzene rings is 2. The van der Waals surface area contributed by atoms with Gasteiger partial charge in [0.1, 0.15) is 5.82 Å². The smallest absolute Gasteiger partial charge is 0.123 e. The van der Waals surface area contributed by atoms with Gasteiger partial charge in [-0.15, -0.1) is 12.4 Å². The normalized spacial score (nSPS) is 11.7. The summed E-state index contributed by atoms with van der Waals surface area (Å²) in [6.07, 6.45) is 0.639. The Bertz CT molecular complexity index is 516. The van der Waals surface area contributed by atoms with Crippen LogP contribution in [-0.2, 0) is 6.42 Å². The molecule has 0 radical (unpaired) electrons. The minimum Gasteiger partial charge on any atom is -0.395 e. The minimum atomic E-state index is -0.237. The fourth-order valence-corrected chi connectivity index (χ4v) is 1.87. The van der Waals surface area contributed by atoms with Gasteiger partial charge in [-0.05, 0) is 35.2 Å². The molecule has 0 aliphatic heterocycles. The largest absolute Gasteiger partial charge is 0.395 e. The number of rotatable bonds is 4. The zero-order chi connectivity index (χ0) is 13.0. The summed E-state index contributed by atoms with van der Waals surface area (Å²) in [5.41, 5.74) is 8.56. The number of hydrogen-bond donors (Lipinski definition) is 2. The van der Waals surface area contributed by atoms with Gasteiger partial charge in [0.15, 0.2) is 0 Å². The molecule has 0 spiro atoms. The van der Waals surface area contributed by atoms with E-state index in [0.717, 1.165) is 16.7 Å². The molecule has 2 aromatic rings. The maximum absolute atomic E-state index is 13.1. The molecule has 4 heteroatoms. The van der Waals surface area contributed by atoms with E-state index in [1.54, 1.807) is 6.07 Å². The summed E-state index contributed by atoms with van der Waals surface area (Å²) in [6.45, 7) is -0.0222. The first-order valence-electron chi connectivity index (χ1n) is 5.90. The standard InChI is InChI=1S/C15H16FNO.ClH/c16-14-3-1-2-13(9-14)12-6-4-11(5-7-12)8-15(17)10-18;/h1-7,9,15,18H,8,10,17H2;1H. The predicted octanol–water partition coefficient (Wildman–Crippen LogP) is 2.78. The molecule has 0 aliphatic carbocycles. The zero-order valence-electron chi connectivity index (χ0n) is 10.4. The van der Waals surface area contributed by atoms with Gasteiger partial charge in [0, 0.05) is 6.04 Å². The minimum absolute atomic E-state index is 0. The number of halogens is 2. The van der Waals surface area contributed by atoms with Crippen molar-refractivity contribution >= 4 is 12.4 Å². The number of aliphatic hydroxyl groups excluding tert-OH is 1. The van der Waals surface area contributed by atoms with Gasteiger partial charge in [0.25, 0.3) is 0 Å². The summed E-state index contributed by atoms with van der Waals surface area (Å²) in [6, 6.07) is 14.1. The average Bonchev–Trinajstić information content (AvgIpc) is 2.39. The molecule has 102 valence electrons. The predicted molar refractivity (Wildman–Crippen MR) is 77.8 cm³/mol. The Morgan fingerprint density at radius 3 is 2.32 bits per heavy atom. The Balaban J connectivity index is 0.00000180. The van der Waals surface area contributed by atoms with Gasteiger partial charge >= 0.3 is 0 Å². The number of aliphatic hydroxyl groups is 1. The van der Waals surface area contributed by atoms with Crippen molar-refractivity contribution in [2.45, 2.75) is 12.5 Å². The Morgan fingerprint density at radius 1 is 1.05 bits per heavy atom. The molecule has 0 bridgehead atoms. The van der Waals surface area contributed by atoms with Crippen LogP contribution in [-0.4, -0.2) is 17.8 Å². The lowest BCUT2D eigenvalue weighted by molar-refractivity contribution is 0.265. The Morgan fingerprint density at radius 2 is 1.74 bits per heavy atom. The van der Waals surface area contributed by atoms with E-state index >= 15 is 0 Å². The lowest BCUT2D eigenvalue weighted by atomic mass is 10.0. The quantitative estimate of drug-likeness (QED) is 0.905. The van der Waals surface area contributed by atoms with Crippen LogP contribution in [0.25, 0.3) is 11.1 Å². The second-order valence-corrected chi connectivity index (χ2v) is 4.35. The highest BCUT2D eigenvalue weighted by Gasteiger charge is 2.03. The molecular formula is C15H17ClFNO. The third kappa shape index (κ3) is 4.31. The van der Waals surface area contributed by atoms with Gasteiger partial charge in [-0.3, -0.25) is 0 Å². The summed E-state index contributed by atoms with van der Waals surface area (Å²) in [7, 11) is 0. The van der Waals surface area contributed by atoms with Crippen LogP contribution >= 0.6 is 12.4 Å². The molecule has 1 atom stereocenters. The van der Waals surface area contributed by atoms with Crippen LogP contribution in [0.1, 0.15) is 5.56 Å². The maximum atomic E-state index is 13.1. The fraction of sp³-hybridized carbons (Fsp3) is 0.200. The molecule has 0 saturated heterocycles. The molecule has 0 amide bonds. The van der Waals surface area contributed by atoms with Crippen LogP contribution < -0.4 is 5.73 Å². The van der Waals surface area contributed by atoms with E-state index in [1.165, 1.54) is 12.1 Å². The molecule has 19 heavy (non-hydrogen) atoms. The summed E-state index contributed by atoms with van der Waals surface area (Å²) < 4.78 is 13.1. The van der Waals surface area contributed by atoms with Crippen molar-refractivity contribution in [3.8, 4) is 11.1 Å². The molecule has 0 heterocycles. The van der Waals surface area contributed by atoms with Crippen LogP contribution in [0.3, 0.4) is 0 Å². The third-order valence-corrected chi connectivity index (χ3v) is 2.84. The summed E-state index contributed by atoms with van der Waals surface area (Å²) in [5, 5.41) is 8.89. The molecule has 1 unspecified atom stereocenters. The first-order chi connectivity index (χ1) is 8.69. The number of hydrogen-bond acceptors (Lipinski definition) is 2. The molecule has 0 saturated carbocycles. The Hall–Kier alpha value is -1.42. The van der Waals surface area contributed by atoms with Crippen LogP contribution in [0, 0.1) is 5.82 Å². The third-order valence-electron chi connectivity index (χ3n) is 2.84. The second kappa shape index (κ2) is 7.24. The molecule has 3 N–H and O–H groups in total. The first-order valence-corrected chi connectivity index (χ1v) is 5.90. The monoisotopic (exact) mass is 281 g/mol. The lowest BCUT2D eigenvalue weighted by Crippen LogP contribution is -2.26. The Labute approximate surface area is 118 Å². The highest BCUT2D eigenvalue weighted by Crippen LogP contribution is 2.20. The molecule has 0 aromatic heterocycles. The molecule has 2 aromatic carbocycles. The molecule has 2 nitrogen and oxygen atoms in total. The van der Waals surface area contributed by atoms with Crippen LogP contribution in [0.2, 0.25) is 0 Å². The molecule has 0 fully saturated rings. The van der Waals surface area contributed by atoms with Gasteiger partial charge in [-0.2, -0.15) is 0 Å².